The van der Waals surface area contributed by atoms with E-state index in [1.165, 1.54) is 6.33 Å². The summed E-state index contributed by atoms with van der Waals surface area (Å²) in [7, 11) is 0. The summed E-state index contributed by atoms with van der Waals surface area (Å²) in [5, 5.41) is 7.47. The van der Waals surface area contributed by atoms with E-state index in [0.29, 0.717) is 12.2 Å². The third-order valence-electron chi connectivity index (χ3n) is 4.05. The van der Waals surface area contributed by atoms with Gasteiger partial charge in [-0.05, 0) is 32.7 Å². The minimum atomic E-state index is -0.192. The van der Waals surface area contributed by atoms with Crippen LogP contribution in [0.5, 0.6) is 0 Å². The van der Waals surface area contributed by atoms with Crippen LogP contribution in [0.2, 0.25) is 0 Å². The second-order valence-electron chi connectivity index (χ2n) is 5.01. The summed E-state index contributed by atoms with van der Waals surface area (Å²) in [4.78, 5) is 16.8. The van der Waals surface area contributed by atoms with Gasteiger partial charge < -0.3 is 5.32 Å². The quantitative estimate of drug-likeness (QED) is 0.852. The zero-order valence-electron chi connectivity index (χ0n) is 11.3. The van der Waals surface area contributed by atoms with Gasteiger partial charge in [-0.3, -0.25) is 4.79 Å². The number of nitrogens with one attached hydrogen (secondary N) is 1. The van der Waals surface area contributed by atoms with Gasteiger partial charge in [0.15, 0.2) is 0 Å². The molecular weight excluding hydrogens is 228 g/mol. The van der Waals surface area contributed by atoms with Crippen molar-refractivity contribution in [3.63, 3.8) is 0 Å². The van der Waals surface area contributed by atoms with Gasteiger partial charge in [-0.25, -0.2) is 9.67 Å². The van der Waals surface area contributed by atoms with Gasteiger partial charge in [-0.1, -0.05) is 6.92 Å². The van der Waals surface area contributed by atoms with Crippen LogP contribution in [0.25, 0.3) is 0 Å². The Morgan fingerprint density at radius 1 is 1.56 bits per heavy atom. The van der Waals surface area contributed by atoms with Gasteiger partial charge in [0.05, 0.1) is 6.42 Å². The third-order valence-corrected chi connectivity index (χ3v) is 4.05. The molecule has 1 unspecified atom stereocenters. The second-order valence-corrected chi connectivity index (χ2v) is 5.01. The first-order valence-electron chi connectivity index (χ1n) is 6.82. The fourth-order valence-corrected chi connectivity index (χ4v) is 2.73. The van der Waals surface area contributed by atoms with Crippen molar-refractivity contribution in [2.24, 2.45) is 5.41 Å². The average Bonchev–Trinajstić information content (AvgIpc) is 2.86. The van der Waals surface area contributed by atoms with Crippen LogP contribution in [0, 0.1) is 5.41 Å². The first-order chi connectivity index (χ1) is 8.72. The Labute approximate surface area is 108 Å². The summed E-state index contributed by atoms with van der Waals surface area (Å²) in [6.07, 6.45) is 4.92. The summed E-state index contributed by atoms with van der Waals surface area (Å²) >= 11 is 0. The summed E-state index contributed by atoms with van der Waals surface area (Å²) in [5.74, 6) is 1.10. The lowest BCUT2D eigenvalue weighted by atomic mass is 9.74. The van der Waals surface area contributed by atoms with Crippen LogP contribution < -0.4 is 5.32 Å². The van der Waals surface area contributed by atoms with Crippen LogP contribution in [-0.2, 0) is 17.8 Å². The molecule has 2 rings (SSSR count). The van der Waals surface area contributed by atoms with E-state index in [2.05, 4.69) is 22.3 Å². The van der Waals surface area contributed by atoms with E-state index in [1.807, 2.05) is 6.92 Å². The predicted octanol–water partition coefficient (Wildman–Crippen LogP) is 1.19. The van der Waals surface area contributed by atoms with E-state index in [-0.39, 0.29) is 5.41 Å². The molecule has 18 heavy (non-hydrogen) atoms. The van der Waals surface area contributed by atoms with Gasteiger partial charge in [0.2, 0.25) is 0 Å². The predicted molar refractivity (Wildman–Crippen MR) is 69.2 cm³/mol. The molecule has 1 aliphatic rings. The standard InChI is InChI=1S/C13H22N4O/c1-3-13(6-5-7-14-9-13)11(18)8-12-15-10-16-17(12)4-2/h10,14H,3-9H2,1-2H3. The minimum absolute atomic E-state index is 0.192. The first-order valence-corrected chi connectivity index (χ1v) is 6.82. The van der Waals surface area contributed by atoms with Gasteiger partial charge in [0.25, 0.3) is 0 Å². The molecule has 1 saturated heterocycles. The van der Waals surface area contributed by atoms with Crippen molar-refractivity contribution in [3.05, 3.63) is 12.2 Å². The summed E-state index contributed by atoms with van der Waals surface area (Å²) < 4.78 is 1.80. The zero-order chi connectivity index (χ0) is 13.0. The highest BCUT2D eigenvalue weighted by molar-refractivity contribution is 5.86. The molecule has 0 radical (unpaired) electrons. The molecule has 0 spiro atoms. The Kier molecular flexibility index (Phi) is 4.11. The van der Waals surface area contributed by atoms with Gasteiger partial charge in [-0.2, -0.15) is 5.10 Å². The number of carbonyl (C=O) groups excluding carboxylic acids is 1. The van der Waals surface area contributed by atoms with Crippen molar-refractivity contribution in [1.82, 2.24) is 20.1 Å². The molecule has 1 atom stereocenters. The first kappa shape index (κ1) is 13.2. The van der Waals surface area contributed by atoms with E-state index in [0.717, 1.165) is 44.7 Å². The average molecular weight is 250 g/mol. The maximum Gasteiger partial charge on any atom is 0.147 e. The maximum atomic E-state index is 12.6. The number of carbonyl (C=O) groups is 1. The fraction of sp³-hybridized carbons (Fsp3) is 0.769. The van der Waals surface area contributed by atoms with E-state index < -0.39 is 0 Å². The van der Waals surface area contributed by atoms with E-state index in [4.69, 9.17) is 0 Å². The summed E-state index contributed by atoms with van der Waals surface area (Å²) in [5.41, 5.74) is -0.192. The lowest BCUT2D eigenvalue weighted by molar-refractivity contribution is -0.129. The van der Waals surface area contributed by atoms with E-state index in [9.17, 15) is 4.79 Å². The smallest absolute Gasteiger partial charge is 0.147 e. The Morgan fingerprint density at radius 3 is 3.00 bits per heavy atom. The highest BCUT2D eigenvalue weighted by Crippen LogP contribution is 2.32. The zero-order valence-corrected chi connectivity index (χ0v) is 11.3. The molecule has 0 aromatic carbocycles. The molecular formula is C13H22N4O. The Balaban J connectivity index is 2.10. The van der Waals surface area contributed by atoms with Crippen LogP contribution >= 0.6 is 0 Å². The SMILES string of the molecule is CCn1ncnc1CC(=O)C1(CC)CCCNC1. The van der Waals surface area contributed by atoms with Crippen LogP contribution in [0.4, 0.5) is 0 Å². The number of aromatic nitrogens is 3. The maximum absolute atomic E-state index is 12.6. The lowest BCUT2D eigenvalue weighted by Gasteiger charge is -2.35. The Bertz CT molecular complexity index is 407. The van der Waals surface area contributed by atoms with Crippen molar-refractivity contribution in [3.8, 4) is 0 Å². The molecule has 2 heterocycles. The molecule has 0 bridgehead atoms. The highest BCUT2D eigenvalue weighted by Gasteiger charge is 2.37. The van der Waals surface area contributed by atoms with Crippen molar-refractivity contribution in [2.45, 2.75) is 46.1 Å². The van der Waals surface area contributed by atoms with Crippen LogP contribution in [-0.4, -0.2) is 33.6 Å². The lowest BCUT2D eigenvalue weighted by Crippen LogP contribution is -2.46. The van der Waals surface area contributed by atoms with Crippen LogP contribution in [0.1, 0.15) is 38.9 Å². The normalized spacial score (nSPS) is 24.1. The largest absolute Gasteiger partial charge is 0.316 e. The number of hydrogen-bond donors (Lipinski definition) is 1. The Morgan fingerprint density at radius 2 is 2.39 bits per heavy atom. The van der Waals surface area contributed by atoms with Gasteiger partial charge in [0.1, 0.15) is 17.9 Å². The van der Waals surface area contributed by atoms with Gasteiger partial charge in [0, 0.05) is 18.5 Å². The number of aryl methyl sites for hydroxylation is 1. The van der Waals surface area contributed by atoms with E-state index in [1.54, 1.807) is 4.68 Å². The highest BCUT2D eigenvalue weighted by atomic mass is 16.1. The third kappa shape index (κ3) is 2.46. The van der Waals surface area contributed by atoms with Crippen LogP contribution in [0.15, 0.2) is 6.33 Å². The molecule has 5 heteroatoms. The van der Waals surface area contributed by atoms with Crippen molar-refractivity contribution in [2.75, 3.05) is 13.1 Å². The molecule has 1 aromatic rings. The van der Waals surface area contributed by atoms with E-state index >= 15 is 0 Å². The fourth-order valence-electron chi connectivity index (χ4n) is 2.73. The molecule has 1 N–H and O–H groups in total. The minimum Gasteiger partial charge on any atom is -0.316 e. The molecule has 1 aliphatic heterocycles. The Hall–Kier alpha value is -1.23. The topological polar surface area (TPSA) is 59.8 Å². The van der Waals surface area contributed by atoms with Gasteiger partial charge >= 0.3 is 0 Å². The van der Waals surface area contributed by atoms with Crippen LogP contribution in [0.3, 0.4) is 0 Å². The number of hydrogen-bond acceptors (Lipinski definition) is 4. The number of rotatable bonds is 5. The van der Waals surface area contributed by atoms with Gasteiger partial charge in [-0.15, -0.1) is 0 Å². The van der Waals surface area contributed by atoms with Crippen molar-refractivity contribution < 1.29 is 4.79 Å². The monoisotopic (exact) mass is 250 g/mol. The van der Waals surface area contributed by atoms with Crippen molar-refractivity contribution >= 4 is 5.78 Å². The number of ketones is 1. The summed E-state index contributed by atoms with van der Waals surface area (Å²) in [6.45, 7) is 6.72. The molecule has 1 fully saturated rings. The second kappa shape index (κ2) is 5.61. The molecule has 100 valence electrons. The number of Topliss-reactive ketones (excluding diaryl/α,β-unsaturated/α-hetero) is 1. The van der Waals surface area contributed by atoms with Crippen molar-refractivity contribution in [1.29, 1.82) is 0 Å². The summed E-state index contributed by atoms with van der Waals surface area (Å²) in [6, 6.07) is 0. The molecule has 0 aliphatic carbocycles. The molecule has 0 amide bonds. The number of piperidine rings is 1. The number of nitrogens with zero attached hydrogens (tertiary/aromatic N) is 3. The molecule has 1 aromatic heterocycles. The molecule has 0 saturated carbocycles. The molecule has 5 nitrogen and oxygen atoms in total.